The Morgan fingerprint density at radius 2 is 2.17 bits per heavy atom. The van der Waals surface area contributed by atoms with Crippen LogP contribution in [0.3, 0.4) is 0 Å². The number of H-pyrrole nitrogens is 1. The number of aliphatic hydroxyl groups is 1. The molecular weight excluding hydrogens is 232 g/mol. The first-order valence-corrected chi connectivity index (χ1v) is 6.12. The summed E-state index contributed by atoms with van der Waals surface area (Å²) in [5, 5.41) is 9.85. The second kappa shape index (κ2) is 6.63. The molecule has 0 saturated carbocycles. The molecule has 0 saturated heterocycles. The van der Waals surface area contributed by atoms with Gasteiger partial charge >= 0.3 is 0 Å². The third-order valence-electron chi connectivity index (χ3n) is 2.80. The fraction of sp³-hybridized carbons (Fsp3) is 0.667. The molecule has 1 unspecified atom stereocenters. The Balaban J connectivity index is 2.52. The van der Waals surface area contributed by atoms with Crippen molar-refractivity contribution in [3.8, 4) is 0 Å². The molecule has 3 atom stereocenters. The maximum absolute atomic E-state index is 11.9. The van der Waals surface area contributed by atoms with Gasteiger partial charge < -0.3 is 21.6 Å². The molecule has 0 aliphatic heterocycles. The smallest absolute Gasteiger partial charge is 0.179 e. The van der Waals surface area contributed by atoms with E-state index in [1.54, 1.807) is 6.20 Å². The highest BCUT2D eigenvalue weighted by atomic mass is 16.3. The van der Waals surface area contributed by atoms with Crippen LogP contribution in [0.5, 0.6) is 0 Å². The number of hydrogen-bond acceptors (Lipinski definition) is 5. The standard InChI is InChI=1S/C12H22N4O2/c1-7(2)3-9(13)11(17)12(18)10(14)4-8-5-15-6-16-8/h5-7,9-11,17H,3-4,13-14H2,1-2H3,(H,15,16)/t9-,10-,11?/m0/s1. The molecule has 102 valence electrons. The predicted octanol–water partition coefficient (Wildman–Crippen LogP) is -0.417. The minimum atomic E-state index is -1.20. The molecule has 0 bridgehead atoms. The van der Waals surface area contributed by atoms with E-state index in [4.69, 9.17) is 11.5 Å². The van der Waals surface area contributed by atoms with Crippen molar-refractivity contribution in [1.82, 2.24) is 9.97 Å². The highest BCUT2D eigenvalue weighted by Crippen LogP contribution is 2.09. The van der Waals surface area contributed by atoms with Crippen molar-refractivity contribution in [2.45, 2.75) is 44.9 Å². The number of rotatable bonds is 7. The Labute approximate surface area is 107 Å². The molecule has 0 amide bonds. The number of hydrogen-bond donors (Lipinski definition) is 4. The van der Waals surface area contributed by atoms with Crippen LogP contribution in [0, 0.1) is 5.92 Å². The van der Waals surface area contributed by atoms with Gasteiger partial charge in [0.2, 0.25) is 0 Å². The van der Waals surface area contributed by atoms with Gasteiger partial charge in [0.1, 0.15) is 6.10 Å². The van der Waals surface area contributed by atoms with E-state index in [9.17, 15) is 9.90 Å². The van der Waals surface area contributed by atoms with E-state index in [0.29, 0.717) is 18.8 Å². The maximum atomic E-state index is 11.9. The molecule has 1 aromatic rings. The quantitative estimate of drug-likeness (QED) is 0.527. The fourth-order valence-corrected chi connectivity index (χ4v) is 1.84. The Hall–Kier alpha value is -1.24. The van der Waals surface area contributed by atoms with Crippen molar-refractivity contribution in [3.05, 3.63) is 18.2 Å². The van der Waals surface area contributed by atoms with Crippen LogP contribution in [0.2, 0.25) is 0 Å². The lowest BCUT2D eigenvalue weighted by atomic mass is 9.93. The monoisotopic (exact) mass is 254 g/mol. The average Bonchev–Trinajstić information content (AvgIpc) is 2.78. The van der Waals surface area contributed by atoms with E-state index in [0.717, 1.165) is 5.69 Å². The van der Waals surface area contributed by atoms with Crippen LogP contribution in [-0.4, -0.2) is 39.0 Å². The summed E-state index contributed by atoms with van der Waals surface area (Å²) in [6.07, 6.45) is 2.83. The zero-order chi connectivity index (χ0) is 13.7. The number of ketones is 1. The Morgan fingerprint density at radius 1 is 1.50 bits per heavy atom. The van der Waals surface area contributed by atoms with E-state index >= 15 is 0 Å². The summed E-state index contributed by atoms with van der Waals surface area (Å²) in [5.41, 5.74) is 12.3. The number of carbonyl (C=O) groups is 1. The zero-order valence-electron chi connectivity index (χ0n) is 10.8. The number of nitrogens with one attached hydrogen (secondary N) is 1. The first-order chi connectivity index (χ1) is 8.41. The van der Waals surface area contributed by atoms with E-state index < -0.39 is 24.0 Å². The van der Waals surface area contributed by atoms with Crippen LogP contribution < -0.4 is 11.5 Å². The highest BCUT2D eigenvalue weighted by Gasteiger charge is 2.28. The van der Waals surface area contributed by atoms with Crippen LogP contribution in [0.1, 0.15) is 26.0 Å². The van der Waals surface area contributed by atoms with Crippen molar-refractivity contribution in [2.75, 3.05) is 0 Å². The van der Waals surface area contributed by atoms with Gasteiger partial charge in [-0.1, -0.05) is 13.8 Å². The number of aromatic nitrogens is 2. The third-order valence-corrected chi connectivity index (χ3v) is 2.80. The van der Waals surface area contributed by atoms with Gasteiger partial charge in [-0.25, -0.2) is 4.98 Å². The molecule has 6 nitrogen and oxygen atoms in total. The summed E-state index contributed by atoms with van der Waals surface area (Å²) in [4.78, 5) is 18.6. The van der Waals surface area contributed by atoms with Crippen molar-refractivity contribution >= 4 is 5.78 Å². The minimum absolute atomic E-state index is 0.324. The molecule has 0 fully saturated rings. The minimum Gasteiger partial charge on any atom is -0.384 e. The normalized spacial score (nSPS) is 16.6. The average molecular weight is 254 g/mol. The lowest BCUT2D eigenvalue weighted by molar-refractivity contribution is -0.129. The number of imidazole rings is 1. The molecule has 0 aromatic carbocycles. The van der Waals surface area contributed by atoms with Crippen LogP contribution >= 0.6 is 0 Å². The zero-order valence-corrected chi connectivity index (χ0v) is 10.8. The summed E-state index contributed by atoms with van der Waals surface area (Å²) >= 11 is 0. The van der Waals surface area contributed by atoms with E-state index in [-0.39, 0.29) is 0 Å². The van der Waals surface area contributed by atoms with Gasteiger partial charge in [0.25, 0.3) is 0 Å². The van der Waals surface area contributed by atoms with Crippen molar-refractivity contribution in [3.63, 3.8) is 0 Å². The Morgan fingerprint density at radius 3 is 2.67 bits per heavy atom. The van der Waals surface area contributed by atoms with Crippen molar-refractivity contribution in [2.24, 2.45) is 17.4 Å². The van der Waals surface area contributed by atoms with Crippen LogP contribution in [0.25, 0.3) is 0 Å². The Bertz CT molecular complexity index is 364. The summed E-state index contributed by atoms with van der Waals surface area (Å²) < 4.78 is 0. The summed E-state index contributed by atoms with van der Waals surface area (Å²) in [5.74, 6) is -0.0935. The molecule has 0 radical (unpaired) electrons. The van der Waals surface area contributed by atoms with E-state index in [1.807, 2.05) is 13.8 Å². The van der Waals surface area contributed by atoms with Crippen molar-refractivity contribution < 1.29 is 9.90 Å². The third kappa shape index (κ3) is 4.21. The van der Waals surface area contributed by atoms with Crippen LogP contribution in [0.4, 0.5) is 0 Å². The second-order valence-corrected chi connectivity index (χ2v) is 5.03. The van der Waals surface area contributed by atoms with Gasteiger partial charge in [0, 0.05) is 24.4 Å². The van der Waals surface area contributed by atoms with Crippen LogP contribution in [0.15, 0.2) is 12.5 Å². The van der Waals surface area contributed by atoms with E-state index in [1.165, 1.54) is 6.33 Å². The van der Waals surface area contributed by atoms with Gasteiger partial charge in [0.15, 0.2) is 5.78 Å². The molecule has 0 aliphatic rings. The number of Topliss-reactive ketones (excluding diaryl/α,β-unsaturated/α-hetero) is 1. The van der Waals surface area contributed by atoms with Gasteiger partial charge in [-0.2, -0.15) is 0 Å². The highest BCUT2D eigenvalue weighted by molar-refractivity contribution is 5.88. The number of carbonyl (C=O) groups excluding carboxylic acids is 1. The molecule has 1 rings (SSSR count). The van der Waals surface area contributed by atoms with Gasteiger partial charge in [-0.05, 0) is 12.3 Å². The molecule has 0 spiro atoms. The molecule has 18 heavy (non-hydrogen) atoms. The SMILES string of the molecule is CC(C)C[C@H](N)C(O)C(=O)[C@@H](N)Cc1cnc[nH]1. The number of aliphatic hydroxyl groups excluding tert-OH is 1. The fourth-order valence-electron chi connectivity index (χ4n) is 1.84. The lowest BCUT2D eigenvalue weighted by Gasteiger charge is -2.22. The van der Waals surface area contributed by atoms with Crippen molar-refractivity contribution in [1.29, 1.82) is 0 Å². The lowest BCUT2D eigenvalue weighted by Crippen LogP contribution is -2.49. The molecule has 1 aromatic heterocycles. The maximum Gasteiger partial charge on any atom is 0.179 e. The first-order valence-electron chi connectivity index (χ1n) is 6.12. The predicted molar refractivity (Wildman–Crippen MR) is 68.7 cm³/mol. The molecule has 6 heteroatoms. The first kappa shape index (κ1) is 14.8. The number of nitrogens with two attached hydrogens (primary N) is 2. The largest absolute Gasteiger partial charge is 0.384 e. The topological polar surface area (TPSA) is 118 Å². The summed E-state index contributed by atoms with van der Waals surface area (Å²) in [6.45, 7) is 3.98. The number of nitrogens with zero attached hydrogens (tertiary/aromatic N) is 1. The molecule has 0 aliphatic carbocycles. The summed E-state index contributed by atoms with van der Waals surface area (Å²) in [6, 6.07) is -1.33. The second-order valence-electron chi connectivity index (χ2n) is 5.03. The van der Waals surface area contributed by atoms with Gasteiger partial charge in [0.05, 0.1) is 12.4 Å². The van der Waals surface area contributed by atoms with Gasteiger partial charge in [-0.15, -0.1) is 0 Å². The summed E-state index contributed by atoms with van der Waals surface area (Å²) in [7, 11) is 0. The molecule has 1 heterocycles. The van der Waals surface area contributed by atoms with E-state index in [2.05, 4.69) is 9.97 Å². The Kier molecular flexibility index (Phi) is 5.46. The molecule has 6 N–H and O–H groups in total. The van der Waals surface area contributed by atoms with Gasteiger partial charge in [-0.3, -0.25) is 4.79 Å². The number of aromatic amines is 1. The molecular formula is C12H22N4O2. The van der Waals surface area contributed by atoms with Crippen LogP contribution in [-0.2, 0) is 11.2 Å².